The number of benzene rings is 2. The molecule has 190 valence electrons. The fraction of sp³-hybridized carbons (Fsp3) is 0.414. The summed E-state index contributed by atoms with van der Waals surface area (Å²) in [5.41, 5.74) is 5.34. The van der Waals surface area contributed by atoms with E-state index in [-0.39, 0.29) is 5.78 Å². The lowest BCUT2D eigenvalue weighted by molar-refractivity contribution is -0.118. The van der Waals surface area contributed by atoms with Crippen molar-refractivity contribution in [2.75, 3.05) is 45.2 Å². The summed E-state index contributed by atoms with van der Waals surface area (Å²) >= 11 is 6.44. The maximum absolute atomic E-state index is 11.7. The number of ketones is 1. The molecule has 3 aromatic rings. The maximum atomic E-state index is 11.7. The molecule has 0 amide bonds. The fourth-order valence-corrected chi connectivity index (χ4v) is 4.64. The third-order valence-corrected chi connectivity index (χ3v) is 7.14. The van der Waals surface area contributed by atoms with E-state index in [0.29, 0.717) is 24.3 Å². The Morgan fingerprint density at radius 2 is 1.75 bits per heavy atom. The molecule has 1 aromatic heterocycles. The van der Waals surface area contributed by atoms with Gasteiger partial charge in [-0.25, -0.2) is 9.97 Å². The summed E-state index contributed by atoms with van der Waals surface area (Å²) in [6, 6.07) is 14.6. The van der Waals surface area contributed by atoms with Crippen LogP contribution in [0, 0.1) is 0 Å². The number of piperazine rings is 1. The minimum atomic E-state index is 0.258. The van der Waals surface area contributed by atoms with E-state index in [1.54, 1.807) is 13.3 Å². The van der Waals surface area contributed by atoms with E-state index in [0.717, 1.165) is 67.4 Å². The monoisotopic (exact) mass is 506 g/mol. The van der Waals surface area contributed by atoms with E-state index in [9.17, 15) is 4.79 Å². The summed E-state index contributed by atoms with van der Waals surface area (Å²) in [4.78, 5) is 25.7. The highest BCUT2D eigenvalue weighted by Crippen LogP contribution is 2.28. The molecule has 6 nitrogen and oxygen atoms in total. The van der Waals surface area contributed by atoms with Crippen LogP contribution in [0.5, 0.6) is 5.75 Å². The van der Waals surface area contributed by atoms with Crippen molar-refractivity contribution in [3.63, 3.8) is 0 Å². The number of nitrogens with zero attached hydrogens (tertiary/aromatic N) is 4. The molecule has 0 atom stereocenters. The highest BCUT2D eigenvalue weighted by Gasteiger charge is 2.17. The zero-order chi connectivity index (χ0) is 25.5. The normalized spacial score (nSPS) is 14.2. The van der Waals surface area contributed by atoms with Crippen LogP contribution in [0.25, 0.3) is 0 Å². The van der Waals surface area contributed by atoms with Gasteiger partial charge in [0.1, 0.15) is 17.4 Å². The highest BCUT2D eigenvalue weighted by atomic mass is 35.5. The van der Waals surface area contributed by atoms with Crippen LogP contribution in [-0.4, -0.2) is 61.0 Å². The molecular weight excluding hydrogens is 472 g/mol. The summed E-state index contributed by atoms with van der Waals surface area (Å²) in [7, 11) is 3.87. The van der Waals surface area contributed by atoms with Crippen LogP contribution in [0.15, 0.2) is 48.7 Å². The maximum Gasteiger partial charge on any atom is 0.136 e. The average Bonchev–Trinajstić information content (AvgIpc) is 2.90. The van der Waals surface area contributed by atoms with Gasteiger partial charge in [0.25, 0.3) is 0 Å². The standard InChI is InChI=1S/C29H35ClN4O2/c1-4-25(35)17-22-7-5-21(6-8-22)9-12-27-26(30)20-31-29(32-27)18-23-10-11-24(19-28(23)36-3)34-15-13-33(2)14-16-34/h5-8,10-11,19-20H,4,9,12-18H2,1-3H3. The van der Waals surface area contributed by atoms with Gasteiger partial charge in [0.15, 0.2) is 0 Å². The van der Waals surface area contributed by atoms with Crippen LogP contribution in [0.2, 0.25) is 5.02 Å². The number of rotatable bonds is 10. The van der Waals surface area contributed by atoms with E-state index in [1.807, 2.05) is 19.1 Å². The van der Waals surface area contributed by atoms with Crippen molar-refractivity contribution >= 4 is 23.1 Å². The Kier molecular flexibility index (Phi) is 8.94. The molecule has 7 heteroatoms. The van der Waals surface area contributed by atoms with Gasteiger partial charge in [-0.3, -0.25) is 4.79 Å². The Bertz CT molecular complexity index is 1170. The molecule has 1 fully saturated rings. The predicted molar refractivity (Wildman–Crippen MR) is 145 cm³/mol. The van der Waals surface area contributed by atoms with E-state index in [2.05, 4.69) is 52.2 Å². The number of hydrogen-bond donors (Lipinski definition) is 0. The second-order valence-corrected chi connectivity index (χ2v) is 9.84. The molecular formula is C29H35ClN4O2. The number of likely N-dealkylation sites (N-methyl/N-ethyl adjacent to an activating group) is 1. The van der Waals surface area contributed by atoms with E-state index >= 15 is 0 Å². The molecule has 1 aliphatic heterocycles. The van der Waals surface area contributed by atoms with Crippen LogP contribution < -0.4 is 9.64 Å². The molecule has 36 heavy (non-hydrogen) atoms. The van der Waals surface area contributed by atoms with Gasteiger partial charge in [-0.1, -0.05) is 48.9 Å². The van der Waals surface area contributed by atoms with Crippen LogP contribution in [0.4, 0.5) is 5.69 Å². The molecule has 2 aromatic carbocycles. The summed E-state index contributed by atoms with van der Waals surface area (Å²) in [6.45, 7) is 6.06. The molecule has 0 saturated carbocycles. The van der Waals surface area contributed by atoms with Crippen molar-refractivity contribution < 1.29 is 9.53 Å². The minimum absolute atomic E-state index is 0.258. The second-order valence-electron chi connectivity index (χ2n) is 9.43. The van der Waals surface area contributed by atoms with Crippen molar-refractivity contribution in [2.24, 2.45) is 0 Å². The Labute approximate surface area is 219 Å². The Hall–Kier alpha value is -2.96. The van der Waals surface area contributed by atoms with Crippen molar-refractivity contribution in [1.29, 1.82) is 0 Å². The Morgan fingerprint density at radius 1 is 1.03 bits per heavy atom. The number of anilines is 1. The molecule has 4 rings (SSSR count). The van der Waals surface area contributed by atoms with Gasteiger partial charge in [0.05, 0.1) is 17.8 Å². The lowest BCUT2D eigenvalue weighted by Crippen LogP contribution is -2.44. The van der Waals surface area contributed by atoms with Gasteiger partial charge in [0.2, 0.25) is 0 Å². The molecule has 1 aliphatic rings. The van der Waals surface area contributed by atoms with Crippen molar-refractivity contribution in [1.82, 2.24) is 14.9 Å². The lowest BCUT2D eigenvalue weighted by Gasteiger charge is -2.34. The molecule has 0 unspecified atom stereocenters. The summed E-state index contributed by atoms with van der Waals surface area (Å²) in [5, 5.41) is 0.585. The Morgan fingerprint density at radius 3 is 2.44 bits per heavy atom. The molecule has 0 N–H and O–H groups in total. The Balaban J connectivity index is 1.41. The first-order valence-corrected chi connectivity index (χ1v) is 13.0. The number of hydrogen-bond acceptors (Lipinski definition) is 6. The second kappa shape index (κ2) is 12.3. The van der Waals surface area contributed by atoms with Gasteiger partial charge in [0, 0.05) is 69.0 Å². The largest absolute Gasteiger partial charge is 0.496 e. The third kappa shape index (κ3) is 6.83. The van der Waals surface area contributed by atoms with Gasteiger partial charge in [-0.15, -0.1) is 0 Å². The van der Waals surface area contributed by atoms with E-state index in [1.165, 1.54) is 11.3 Å². The molecule has 0 bridgehead atoms. The topological polar surface area (TPSA) is 58.6 Å². The molecule has 0 radical (unpaired) electrons. The molecule has 2 heterocycles. The van der Waals surface area contributed by atoms with Crippen LogP contribution in [-0.2, 0) is 30.5 Å². The summed E-state index contributed by atoms with van der Waals surface area (Å²) < 4.78 is 5.73. The molecule has 1 saturated heterocycles. The first-order valence-electron chi connectivity index (χ1n) is 12.7. The van der Waals surface area contributed by atoms with Crippen molar-refractivity contribution in [3.05, 3.63) is 81.9 Å². The van der Waals surface area contributed by atoms with Crippen LogP contribution in [0.3, 0.4) is 0 Å². The van der Waals surface area contributed by atoms with Crippen LogP contribution in [0.1, 0.15) is 41.6 Å². The van der Waals surface area contributed by atoms with E-state index < -0.39 is 0 Å². The highest BCUT2D eigenvalue weighted by molar-refractivity contribution is 6.31. The van der Waals surface area contributed by atoms with Crippen molar-refractivity contribution in [2.45, 2.75) is 39.0 Å². The van der Waals surface area contributed by atoms with Gasteiger partial charge >= 0.3 is 0 Å². The van der Waals surface area contributed by atoms with Gasteiger partial charge in [-0.2, -0.15) is 0 Å². The smallest absolute Gasteiger partial charge is 0.136 e. The van der Waals surface area contributed by atoms with Crippen LogP contribution >= 0.6 is 11.6 Å². The SMILES string of the molecule is CCC(=O)Cc1ccc(CCc2nc(Cc3ccc(N4CCN(C)CC4)cc3OC)ncc2Cl)cc1. The number of ether oxygens (including phenoxy) is 1. The summed E-state index contributed by atoms with van der Waals surface area (Å²) in [6.07, 6.45) is 4.89. The number of carbonyl (C=O) groups excluding carboxylic acids is 1. The minimum Gasteiger partial charge on any atom is -0.496 e. The number of halogens is 1. The van der Waals surface area contributed by atoms with Gasteiger partial charge in [-0.05, 0) is 37.1 Å². The molecule has 0 aliphatic carbocycles. The lowest BCUT2D eigenvalue weighted by atomic mass is 10.0. The number of aryl methyl sites for hydroxylation is 2. The number of methoxy groups -OCH3 is 1. The first-order chi connectivity index (χ1) is 17.4. The average molecular weight is 507 g/mol. The van der Waals surface area contributed by atoms with E-state index in [4.69, 9.17) is 21.3 Å². The number of Topliss-reactive ketones (excluding diaryl/α,β-unsaturated/α-hetero) is 1. The molecule has 0 spiro atoms. The zero-order valence-electron chi connectivity index (χ0n) is 21.5. The predicted octanol–water partition coefficient (Wildman–Crippen LogP) is 4.79. The first kappa shape index (κ1) is 26.1. The zero-order valence-corrected chi connectivity index (χ0v) is 22.2. The number of carbonyl (C=O) groups is 1. The van der Waals surface area contributed by atoms with Gasteiger partial charge < -0.3 is 14.5 Å². The quantitative estimate of drug-likeness (QED) is 0.394. The van der Waals surface area contributed by atoms with Crippen molar-refractivity contribution in [3.8, 4) is 5.75 Å². The third-order valence-electron chi connectivity index (χ3n) is 6.82. The fourth-order valence-electron chi connectivity index (χ4n) is 4.45. The number of aromatic nitrogens is 2. The summed E-state index contributed by atoms with van der Waals surface area (Å²) in [5.74, 6) is 1.84.